The van der Waals surface area contributed by atoms with Crippen LogP contribution in [0.4, 0.5) is 17.1 Å². The smallest absolute Gasteiger partial charge is 0.103 e. The van der Waals surface area contributed by atoms with Crippen LogP contribution in [0.25, 0.3) is 11.1 Å². The van der Waals surface area contributed by atoms with E-state index in [1.54, 1.807) is 78.3 Å². The molecule has 0 aromatic carbocycles. The van der Waals surface area contributed by atoms with Gasteiger partial charge in [0.25, 0.3) is 0 Å². The van der Waals surface area contributed by atoms with E-state index in [0.29, 0.717) is 34.1 Å². The van der Waals surface area contributed by atoms with Crippen LogP contribution >= 0.6 is 15.9 Å². The quantitative estimate of drug-likeness (QED) is 0.293. The summed E-state index contributed by atoms with van der Waals surface area (Å²) in [7, 11) is 0. The van der Waals surface area contributed by atoms with E-state index < -0.39 is 16.8 Å². The van der Waals surface area contributed by atoms with E-state index in [2.05, 4.69) is 30.9 Å². The fraction of sp³-hybridized carbons (Fsp3) is 0.375. The largest absolute Gasteiger partial charge is 0.397 e. The van der Waals surface area contributed by atoms with Crippen molar-refractivity contribution in [1.29, 1.82) is 0 Å². The zero-order chi connectivity index (χ0) is 26.1. The molecule has 0 radical (unpaired) electrons. The van der Waals surface area contributed by atoms with Gasteiger partial charge in [-0.2, -0.15) is 0 Å². The summed E-state index contributed by atoms with van der Waals surface area (Å²) in [5.74, 6) is 0. The van der Waals surface area contributed by atoms with Crippen LogP contribution in [0.15, 0.2) is 41.3 Å². The molecule has 9 nitrogen and oxygen atoms in total. The Morgan fingerprint density at radius 3 is 1.15 bits per heavy atom. The van der Waals surface area contributed by atoms with Gasteiger partial charge in [-0.05, 0) is 75.7 Å². The molecule has 3 aromatic rings. The van der Waals surface area contributed by atoms with Crippen LogP contribution in [-0.4, -0.2) is 30.3 Å². The lowest BCUT2D eigenvalue weighted by molar-refractivity contribution is 0.0741. The number of nitrogen functional groups attached to an aromatic ring is 3. The molecule has 0 aliphatic rings. The summed E-state index contributed by atoms with van der Waals surface area (Å²) < 4.78 is 0.813. The van der Waals surface area contributed by atoms with Crippen molar-refractivity contribution < 1.29 is 15.3 Å². The molecular formula is C24H33BrN6O3. The number of halogens is 1. The molecule has 3 aromatic heterocycles. The Labute approximate surface area is 208 Å². The normalized spacial score (nSPS) is 12.2. The van der Waals surface area contributed by atoms with E-state index >= 15 is 0 Å². The molecule has 0 aliphatic carbocycles. The molecule has 0 unspecified atom stereocenters. The Kier molecular flexibility index (Phi) is 7.94. The van der Waals surface area contributed by atoms with Gasteiger partial charge in [0.15, 0.2) is 0 Å². The molecule has 184 valence electrons. The lowest BCUT2D eigenvalue weighted by Crippen LogP contribution is -2.20. The fourth-order valence-electron chi connectivity index (χ4n) is 3.27. The summed E-state index contributed by atoms with van der Waals surface area (Å²) in [6, 6.07) is 5.17. The van der Waals surface area contributed by atoms with Crippen LogP contribution in [-0.2, 0) is 16.8 Å². The number of nitrogens with zero attached hydrogens (tertiary/aromatic N) is 3. The van der Waals surface area contributed by atoms with Crippen molar-refractivity contribution in [2.45, 2.75) is 58.3 Å². The third-order valence-electron chi connectivity index (χ3n) is 4.79. The van der Waals surface area contributed by atoms with E-state index in [1.165, 1.54) is 0 Å². The number of anilines is 3. The molecule has 34 heavy (non-hydrogen) atoms. The third-order valence-corrected chi connectivity index (χ3v) is 5.22. The van der Waals surface area contributed by atoms with Gasteiger partial charge in [-0.25, -0.2) is 0 Å². The SMILES string of the molecule is CC(C)(O)c1ncc(-c2cnc(C(C)(C)O)c(N)c2)cc1N.CC(C)(O)c1ncc(Br)cc1N. The van der Waals surface area contributed by atoms with Crippen molar-refractivity contribution in [3.63, 3.8) is 0 Å². The lowest BCUT2D eigenvalue weighted by atomic mass is 9.98. The van der Waals surface area contributed by atoms with Gasteiger partial charge in [0.2, 0.25) is 0 Å². The van der Waals surface area contributed by atoms with Crippen molar-refractivity contribution in [3.8, 4) is 11.1 Å². The second-order valence-electron chi connectivity index (χ2n) is 9.59. The molecular weight excluding hydrogens is 500 g/mol. The zero-order valence-electron chi connectivity index (χ0n) is 20.3. The highest BCUT2D eigenvalue weighted by atomic mass is 79.9. The van der Waals surface area contributed by atoms with Crippen molar-refractivity contribution in [2.24, 2.45) is 0 Å². The molecule has 0 bridgehead atoms. The molecule has 9 N–H and O–H groups in total. The number of hydrogen-bond donors (Lipinski definition) is 6. The number of rotatable bonds is 4. The Hall–Kier alpha value is -2.79. The van der Waals surface area contributed by atoms with Crippen LogP contribution in [0.1, 0.15) is 58.6 Å². The molecule has 0 saturated heterocycles. The van der Waals surface area contributed by atoms with Crippen LogP contribution in [0.2, 0.25) is 0 Å². The summed E-state index contributed by atoms with van der Waals surface area (Å²) >= 11 is 3.24. The first-order valence-electron chi connectivity index (χ1n) is 10.5. The molecule has 10 heteroatoms. The summed E-state index contributed by atoms with van der Waals surface area (Å²) in [5, 5.41) is 29.6. The van der Waals surface area contributed by atoms with E-state index in [0.717, 1.165) is 15.6 Å². The first-order chi connectivity index (χ1) is 15.4. The predicted octanol–water partition coefficient (Wildman–Crippen LogP) is 3.42. The van der Waals surface area contributed by atoms with Gasteiger partial charge in [0, 0.05) is 34.2 Å². The topological polar surface area (TPSA) is 177 Å². The van der Waals surface area contributed by atoms with Gasteiger partial charge >= 0.3 is 0 Å². The van der Waals surface area contributed by atoms with Crippen molar-refractivity contribution in [2.75, 3.05) is 17.2 Å². The highest BCUT2D eigenvalue weighted by Gasteiger charge is 2.23. The van der Waals surface area contributed by atoms with Gasteiger partial charge in [0.05, 0.1) is 34.1 Å². The molecule has 0 aliphatic heterocycles. The number of aliphatic hydroxyl groups is 3. The van der Waals surface area contributed by atoms with Gasteiger partial charge in [-0.1, -0.05) is 0 Å². The minimum Gasteiger partial charge on any atom is -0.397 e. The van der Waals surface area contributed by atoms with Gasteiger partial charge in [-0.3, -0.25) is 15.0 Å². The summed E-state index contributed by atoms with van der Waals surface area (Å²) in [5.41, 5.74) is 18.5. The summed E-state index contributed by atoms with van der Waals surface area (Å²) in [6.07, 6.45) is 4.84. The molecule has 0 fully saturated rings. The molecule has 3 heterocycles. The molecule has 0 atom stereocenters. The number of aromatic nitrogens is 3. The predicted molar refractivity (Wildman–Crippen MR) is 138 cm³/mol. The average Bonchev–Trinajstić information content (AvgIpc) is 2.65. The van der Waals surface area contributed by atoms with Crippen LogP contribution in [0.5, 0.6) is 0 Å². The van der Waals surface area contributed by atoms with Crippen LogP contribution in [0, 0.1) is 0 Å². The highest BCUT2D eigenvalue weighted by Crippen LogP contribution is 2.31. The zero-order valence-corrected chi connectivity index (χ0v) is 21.8. The first-order valence-corrected chi connectivity index (χ1v) is 11.3. The number of hydrogen-bond acceptors (Lipinski definition) is 9. The molecule has 0 amide bonds. The van der Waals surface area contributed by atoms with Crippen LogP contribution < -0.4 is 17.2 Å². The summed E-state index contributed by atoms with van der Waals surface area (Å²) in [4.78, 5) is 12.5. The Morgan fingerprint density at radius 2 is 0.882 bits per heavy atom. The van der Waals surface area contributed by atoms with E-state index in [-0.39, 0.29) is 0 Å². The minimum absolute atomic E-state index is 0.398. The van der Waals surface area contributed by atoms with Gasteiger partial charge < -0.3 is 32.5 Å². The maximum Gasteiger partial charge on any atom is 0.103 e. The van der Waals surface area contributed by atoms with E-state index in [4.69, 9.17) is 17.2 Å². The monoisotopic (exact) mass is 532 g/mol. The fourth-order valence-corrected chi connectivity index (χ4v) is 3.62. The Balaban J connectivity index is 0.000000287. The highest BCUT2D eigenvalue weighted by molar-refractivity contribution is 9.10. The summed E-state index contributed by atoms with van der Waals surface area (Å²) in [6.45, 7) is 9.82. The maximum atomic E-state index is 10.00. The second kappa shape index (κ2) is 9.83. The molecule has 0 spiro atoms. The number of nitrogens with two attached hydrogens (primary N) is 3. The van der Waals surface area contributed by atoms with Crippen molar-refractivity contribution in [3.05, 3.63) is 58.3 Å². The van der Waals surface area contributed by atoms with Crippen molar-refractivity contribution in [1.82, 2.24) is 15.0 Å². The average molecular weight is 533 g/mol. The second-order valence-corrected chi connectivity index (χ2v) is 10.5. The Bertz CT molecular complexity index is 1100. The minimum atomic E-state index is -1.11. The molecule has 3 rings (SSSR count). The Morgan fingerprint density at radius 1 is 0.588 bits per heavy atom. The van der Waals surface area contributed by atoms with Gasteiger partial charge in [-0.15, -0.1) is 0 Å². The van der Waals surface area contributed by atoms with Crippen molar-refractivity contribution >= 4 is 33.0 Å². The standard InChI is InChI=1S/C16H22N4O2.C8H11BrN2O/c1-15(2,21)13-11(17)5-9(7-19-13)10-6-12(18)14(20-8-10)16(3,4)22;1-8(2,12)7-6(10)3-5(9)4-11-7/h5-8,21-22H,17-18H2,1-4H3;3-4,12H,10H2,1-2H3. The van der Waals surface area contributed by atoms with Gasteiger partial charge in [0.1, 0.15) is 16.8 Å². The number of pyridine rings is 3. The van der Waals surface area contributed by atoms with E-state index in [9.17, 15) is 15.3 Å². The van der Waals surface area contributed by atoms with Crippen LogP contribution in [0.3, 0.4) is 0 Å². The maximum absolute atomic E-state index is 10.00. The first kappa shape index (κ1) is 27.5. The molecule has 0 saturated carbocycles. The third kappa shape index (κ3) is 6.86. The van der Waals surface area contributed by atoms with E-state index in [1.807, 2.05) is 0 Å². The lowest BCUT2D eigenvalue weighted by Gasteiger charge is -2.20.